The van der Waals surface area contributed by atoms with E-state index in [1.807, 2.05) is 44.2 Å². The summed E-state index contributed by atoms with van der Waals surface area (Å²) in [5.74, 6) is -1.11. The van der Waals surface area contributed by atoms with Crippen molar-refractivity contribution in [2.75, 3.05) is 0 Å². The van der Waals surface area contributed by atoms with Crippen molar-refractivity contribution in [1.29, 1.82) is 0 Å². The lowest BCUT2D eigenvalue weighted by Crippen LogP contribution is -2.53. The molecule has 1 rings (SSSR count). The molecule has 5 heteroatoms. The Labute approximate surface area is 125 Å². The summed E-state index contributed by atoms with van der Waals surface area (Å²) in [4.78, 5) is 23.2. The molecule has 21 heavy (non-hydrogen) atoms. The van der Waals surface area contributed by atoms with E-state index in [0.717, 1.165) is 5.56 Å². The van der Waals surface area contributed by atoms with Crippen LogP contribution in [-0.2, 0) is 9.59 Å². The van der Waals surface area contributed by atoms with Crippen molar-refractivity contribution in [1.82, 2.24) is 5.32 Å². The van der Waals surface area contributed by atoms with Gasteiger partial charge in [0.1, 0.15) is 0 Å². The van der Waals surface area contributed by atoms with Crippen molar-refractivity contribution in [2.45, 2.75) is 51.1 Å². The topological polar surface area (TPSA) is 92.4 Å². The van der Waals surface area contributed by atoms with Crippen molar-refractivity contribution in [2.24, 2.45) is 5.73 Å². The number of benzene rings is 1. The first-order valence-electron chi connectivity index (χ1n) is 7.29. The van der Waals surface area contributed by atoms with Gasteiger partial charge in [-0.25, -0.2) is 0 Å². The fourth-order valence-electron chi connectivity index (χ4n) is 2.15. The molecule has 0 aliphatic heterocycles. The van der Waals surface area contributed by atoms with Gasteiger partial charge in [-0.15, -0.1) is 0 Å². The van der Waals surface area contributed by atoms with E-state index in [-0.39, 0.29) is 18.4 Å². The van der Waals surface area contributed by atoms with Gasteiger partial charge in [-0.2, -0.15) is 0 Å². The van der Waals surface area contributed by atoms with Crippen LogP contribution in [-0.4, -0.2) is 22.5 Å². The Bertz CT molecular complexity index is 470. The highest BCUT2D eigenvalue weighted by atomic mass is 16.4. The molecule has 1 unspecified atom stereocenters. The molecule has 0 aliphatic carbocycles. The first-order valence-corrected chi connectivity index (χ1v) is 7.29. The summed E-state index contributed by atoms with van der Waals surface area (Å²) in [6.07, 6.45) is 1.41. The van der Waals surface area contributed by atoms with Gasteiger partial charge in [-0.05, 0) is 24.8 Å². The number of carboxylic acid groups (broad SMARTS) is 1. The lowest BCUT2D eigenvalue weighted by atomic mass is 9.92. The number of rotatable bonds is 8. The lowest BCUT2D eigenvalue weighted by molar-refractivity contribution is -0.137. The minimum Gasteiger partial charge on any atom is -0.481 e. The van der Waals surface area contributed by atoms with Gasteiger partial charge in [-0.3, -0.25) is 9.59 Å². The van der Waals surface area contributed by atoms with Crippen LogP contribution < -0.4 is 11.1 Å². The number of carbonyl (C=O) groups excluding carboxylic acids is 1. The maximum Gasteiger partial charge on any atom is 0.303 e. The largest absolute Gasteiger partial charge is 0.481 e. The Morgan fingerprint density at radius 3 is 2.29 bits per heavy atom. The molecule has 5 nitrogen and oxygen atoms in total. The summed E-state index contributed by atoms with van der Waals surface area (Å²) < 4.78 is 0. The molecule has 0 saturated heterocycles. The fraction of sp³-hybridized carbons (Fsp3) is 0.500. The molecule has 1 aromatic carbocycles. The predicted molar refractivity (Wildman–Crippen MR) is 81.7 cm³/mol. The van der Waals surface area contributed by atoms with Crippen molar-refractivity contribution >= 4 is 11.9 Å². The van der Waals surface area contributed by atoms with E-state index in [1.165, 1.54) is 0 Å². The Hall–Kier alpha value is -1.88. The quantitative estimate of drug-likeness (QED) is 0.685. The third-order valence-corrected chi connectivity index (χ3v) is 3.87. The number of carboxylic acids is 1. The van der Waals surface area contributed by atoms with E-state index in [2.05, 4.69) is 5.32 Å². The van der Waals surface area contributed by atoms with E-state index in [9.17, 15) is 9.59 Å². The van der Waals surface area contributed by atoms with Crippen LogP contribution >= 0.6 is 0 Å². The average molecular weight is 292 g/mol. The van der Waals surface area contributed by atoms with Crippen LogP contribution in [0.3, 0.4) is 0 Å². The average Bonchev–Trinajstić information content (AvgIpc) is 2.50. The third kappa shape index (κ3) is 4.86. The number of hydrogen-bond acceptors (Lipinski definition) is 3. The third-order valence-electron chi connectivity index (χ3n) is 3.87. The van der Waals surface area contributed by atoms with Crippen molar-refractivity contribution in [3.8, 4) is 0 Å². The summed E-state index contributed by atoms with van der Waals surface area (Å²) in [5.41, 5.74) is 6.08. The molecule has 1 amide bonds. The Balaban J connectivity index is 2.87. The number of nitrogens with one attached hydrogen (secondary N) is 1. The normalized spacial score (nSPS) is 12.7. The molecule has 0 aliphatic rings. The van der Waals surface area contributed by atoms with E-state index in [1.54, 1.807) is 0 Å². The van der Waals surface area contributed by atoms with Crippen LogP contribution in [0.25, 0.3) is 0 Å². The second kappa shape index (κ2) is 7.78. The van der Waals surface area contributed by atoms with Crippen LogP contribution in [0.4, 0.5) is 0 Å². The molecular formula is C16H24N2O3. The number of nitrogens with two attached hydrogens (primary N) is 1. The standard InChI is InChI=1S/C16H24N2O3/c1-3-16(17,4-2)15(21)18-13(10-11-14(19)20)12-8-6-5-7-9-12/h5-9,13H,3-4,10-11,17H2,1-2H3,(H,18,21)(H,19,20). The molecule has 0 heterocycles. The molecule has 4 N–H and O–H groups in total. The second-order valence-corrected chi connectivity index (χ2v) is 5.23. The Morgan fingerprint density at radius 1 is 1.24 bits per heavy atom. The van der Waals surface area contributed by atoms with Crippen molar-refractivity contribution < 1.29 is 14.7 Å². The zero-order chi connectivity index (χ0) is 15.9. The number of amides is 1. The summed E-state index contributed by atoms with van der Waals surface area (Å²) in [7, 11) is 0. The fourth-order valence-corrected chi connectivity index (χ4v) is 2.15. The summed E-state index contributed by atoms with van der Waals surface area (Å²) in [6, 6.07) is 9.03. The zero-order valence-electron chi connectivity index (χ0n) is 12.6. The predicted octanol–water partition coefficient (Wildman–Crippen LogP) is 2.23. The van der Waals surface area contributed by atoms with Crippen LogP contribution in [0.15, 0.2) is 30.3 Å². The van der Waals surface area contributed by atoms with Gasteiger partial charge >= 0.3 is 5.97 Å². The molecule has 0 bridgehead atoms. The SMILES string of the molecule is CCC(N)(CC)C(=O)NC(CCC(=O)O)c1ccccc1. The minimum atomic E-state index is -0.906. The molecule has 0 aromatic heterocycles. The van der Waals surface area contributed by atoms with E-state index in [0.29, 0.717) is 19.3 Å². The van der Waals surface area contributed by atoms with Crippen LogP contribution in [0.1, 0.15) is 51.1 Å². The monoisotopic (exact) mass is 292 g/mol. The summed E-state index contributed by atoms with van der Waals surface area (Å²) in [6.45, 7) is 3.75. The molecule has 0 saturated carbocycles. The maximum absolute atomic E-state index is 12.4. The van der Waals surface area contributed by atoms with Gasteiger partial charge in [0.05, 0.1) is 11.6 Å². The summed E-state index contributed by atoms with van der Waals surface area (Å²) in [5, 5.41) is 11.8. The van der Waals surface area contributed by atoms with Crippen molar-refractivity contribution in [3.05, 3.63) is 35.9 Å². The molecule has 0 spiro atoms. The van der Waals surface area contributed by atoms with Crippen LogP contribution in [0.5, 0.6) is 0 Å². The molecular weight excluding hydrogens is 268 g/mol. The van der Waals surface area contributed by atoms with Gasteiger partial charge in [0.15, 0.2) is 0 Å². The minimum absolute atomic E-state index is 0.00430. The first kappa shape index (κ1) is 17.2. The highest BCUT2D eigenvalue weighted by Crippen LogP contribution is 2.21. The van der Waals surface area contributed by atoms with Crippen LogP contribution in [0, 0.1) is 0 Å². The van der Waals surface area contributed by atoms with Gasteiger partial charge in [0, 0.05) is 6.42 Å². The Kier molecular flexibility index (Phi) is 6.37. The zero-order valence-corrected chi connectivity index (χ0v) is 12.6. The number of aliphatic carboxylic acids is 1. The van der Waals surface area contributed by atoms with E-state index >= 15 is 0 Å². The van der Waals surface area contributed by atoms with E-state index in [4.69, 9.17) is 10.8 Å². The summed E-state index contributed by atoms with van der Waals surface area (Å²) >= 11 is 0. The highest BCUT2D eigenvalue weighted by Gasteiger charge is 2.31. The Morgan fingerprint density at radius 2 is 1.81 bits per heavy atom. The molecule has 0 fully saturated rings. The van der Waals surface area contributed by atoms with Gasteiger partial charge in [-0.1, -0.05) is 44.2 Å². The van der Waals surface area contributed by atoms with Gasteiger partial charge in [0.25, 0.3) is 0 Å². The van der Waals surface area contributed by atoms with Crippen LogP contribution in [0.2, 0.25) is 0 Å². The molecule has 116 valence electrons. The van der Waals surface area contributed by atoms with Crippen molar-refractivity contribution in [3.63, 3.8) is 0 Å². The van der Waals surface area contributed by atoms with E-state index < -0.39 is 11.5 Å². The smallest absolute Gasteiger partial charge is 0.303 e. The molecule has 1 aromatic rings. The highest BCUT2D eigenvalue weighted by molar-refractivity contribution is 5.86. The lowest BCUT2D eigenvalue weighted by Gasteiger charge is -2.28. The number of hydrogen-bond donors (Lipinski definition) is 3. The van der Waals surface area contributed by atoms with Gasteiger partial charge < -0.3 is 16.2 Å². The first-order chi connectivity index (χ1) is 9.92. The molecule has 1 atom stereocenters. The second-order valence-electron chi connectivity index (χ2n) is 5.23. The maximum atomic E-state index is 12.4. The van der Waals surface area contributed by atoms with Gasteiger partial charge in [0.2, 0.25) is 5.91 Å². The number of carbonyl (C=O) groups is 2. The molecule has 0 radical (unpaired) electrons.